The normalized spacial score (nSPS) is 10.3. The maximum atomic E-state index is 11.4. The van der Waals surface area contributed by atoms with E-state index in [0.29, 0.717) is 13.2 Å². The Morgan fingerprint density at radius 2 is 2.15 bits per heavy atom. The summed E-state index contributed by atoms with van der Waals surface area (Å²) < 4.78 is 7.32. The van der Waals surface area contributed by atoms with Crippen LogP contribution in [0.3, 0.4) is 0 Å². The van der Waals surface area contributed by atoms with Crippen LogP contribution in [-0.4, -0.2) is 22.9 Å². The molecule has 0 aliphatic carbocycles. The van der Waals surface area contributed by atoms with Gasteiger partial charge in [0, 0.05) is 26.4 Å². The Hall–Kier alpha value is -1.36. The predicted molar refractivity (Wildman–Crippen MR) is 47.8 cm³/mol. The molecule has 0 unspecified atom stereocenters. The minimum atomic E-state index is -0.315. The minimum Gasteiger partial charge on any atom is -0.383 e. The Morgan fingerprint density at radius 3 is 2.77 bits per heavy atom. The van der Waals surface area contributed by atoms with Crippen molar-refractivity contribution in [1.29, 1.82) is 0 Å². The van der Waals surface area contributed by atoms with Gasteiger partial charge in [0.25, 0.3) is 5.56 Å². The molecule has 0 aliphatic rings. The number of ether oxygens (including phenoxy) is 1. The first kappa shape index (κ1) is 9.73. The minimum absolute atomic E-state index is 0.293. The number of nitrogens with zero attached hydrogens (tertiary/aromatic N) is 2. The van der Waals surface area contributed by atoms with Gasteiger partial charge < -0.3 is 4.74 Å². The van der Waals surface area contributed by atoms with E-state index in [9.17, 15) is 9.59 Å². The van der Waals surface area contributed by atoms with Gasteiger partial charge in [-0.3, -0.25) is 13.9 Å². The first-order valence-electron chi connectivity index (χ1n) is 3.92. The standard InChI is InChI=1S/C8H12N2O3/c1-9-7(11)3-4-10(8(9)12)5-6-13-2/h3-4H,5-6H2,1-2H3. The van der Waals surface area contributed by atoms with Crippen molar-refractivity contribution in [2.45, 2.75) is 6.54 Å². The second-order valence-electron chi connectivity index (χ2n) is 2.68. The molecule has 5 nitrogen and oxygen atoms in total. The van der Waals surface area contributed by atoms with Crippen LogP contribution in [0.15, 0.2) is 21.9 Å². The molecule has 0 aliphatic heterocycles. The lowest BCUT2D eigenvalue weighted by Gasteiger charge is -2.05. The van der Waals surface area contributed by atoms with Crippen molar-refractivity contribution < 1.29 is 4.74 Å². The molecule has 5 heteroatoms. The van der Waals surface area contributed by atoms with Crippen molar-refractivity contribution in [3.63, 3.8) is 0 Å². The smallest absolute Gasteiger partial charge is 0.330 e. The highest BCUT2D eigenvalue weighted by molar-refractivity contribution is 4.84. The van der Waals surface area contributed by atoms with Crippen LogP contribution in [0.1, 0.15) is 0 Å². The summed E-state index contributed by atoms with van der Waals surface area (Å²) in [6, 6.07) is 1.36. The van der Waals surface area contributed by atoms with Crippen LogP contribution in [0.2, 0.25) is 0 Å². The molecule has 0 saturated carbocycles. The molecule has 0 amide bonds. The summed E-state index contributed by atoms with van der Waals surface area (Å²) in [4.78, 5) is 22.4. The van der Waals surface area contributed by atoms with Crippen molar-refractivity contribution in [1.82, 2.24) is 9.13 Å². The summed E-state index contributed by atoms with van der Waals surface area (Å²) in [5.41, 5.74) is -0.608. The molecule has 0 atom stereocenters. The Labute approximate surface area is 75.2 Å². The van der Waals surface area contributed by atoms with Gasteiger partial charge in [0.1, 0.15) is 0 Å². The van der Waals surface area contributed by atoms with Gasteiger partial charge in [0.2, 0.25) is 0 Å². The van der Waals surface area contributed by atoms with Gasteiger partial charge in [-0.15, -0.1) is 0 Å². The molecule has 1 aromatic rings. The monoisotopic (exact) mass is 184 g/mol. The Bertz CT molecular complexity index is 391. The highest BCUT2D eigenvalue weighted by Gasteiger charge is 1.99. The van der Waals surface area contributed by atoms with Gasteiger partial charge in [0.05, 0.1) is 13.2 Å². The van der Waals surface area contributed by atoms with E-state index in [1.807, 2.05) is 0 Å². The van der Waals surface area contributed by atoms with E-state index in [2.05, 4.69) is 0 Å². The third-order valence-corrected chi connectivity index (χ3v) is 1.80. The maximum Gasteiger partial charge on any atom is 0.330 e. The maximum absolute atomic E-state index is 11.4. The van der Waals surface area contributed by atoms with Gasteiger partial charge in [0.15, 0.2) is 0 Å². The third kappa shape index (κ3) is 2.06. The van der Waals surface area contributed by atoms with E-state index in [-0.39, 0.29) is 11.2 Å². The molecule has 0 bridgehead atoms. The highest BCUT2D eigenvalue weighted by atomic mass is 16.5. The summed E-state index contributed by atoms with van der Waals surface area (Å²) in [7, 11) is 3.01. The van der Waals surface area contributed by atoms with E-state index in [4.69, 9.17) is 4.74 Å². The van der Waals surface area contributed by atoms with Gasteiger partial charge in [-0.2, -0.15) is 0 Å². The van der Waals surface area contributed by atoms with Crippen molar-refractivity contribution in [3.05, 3.63) is 33.1 Å². The first-order chi connectivity index (χ1) is 6.16. The fourth-order valence-corrected chi connectivity index (χ4v) is 0.976. The summed E-state index contributed by atoms with van der Waals surface area (Å²) in [5, 5.41) is 0. The molecule has 1 heterocycles. The van der Waals surface area contributed by atoms with Gasteiger partial charge >= 0.3 is 5.69 Å². The van der Waals surface area contributed by atoms with E-state index < -0.39 is 0 Å². The number of aromatic nitrogens is 2. The summed E-state index contributed by atoms with van der Waals surface area (Å²) >= 11 is 0. The molecule has 1 aromatic heterocycles. The molecule has 0 fully saturated rings. The van der Waals surface area contributed by atoms with E-state index in [0.717, 1.165) is 4.57 Å². The zero-order valence-corrected chi connectivity index (χ0v) is 7.69. The molecule has 13 heavy (non-hydrogen) atoms. The summed E-state index contributed by atoms with van der Waals surface area (Å²) in [6.45, 7) is 0.918. The molecule has 0 aromatic carbocycles. The van der Waals surface area contributed by atoms with Gasteiger partial charge in [-0.05, 0) is 0 Å². The Kier molecular flexibility index (Phi) is 3.02. The van der Waals surface area contributed by atoms with E-state index in [1.165, 1.54) is 23.9 Å². The van der Waals surface area contributed by atoms with Crippen molar-refractivity contribution in [2.24, 2.45) is 7.05 Å². The summed E-state index contributed by atoms with van der Waals surface area (Å²) in [5.74, 6) is 0. The van der Waals surface area contributed by atoms with Gasteiger partial charge in [-0.25, -0.2) is 4.79 Å². The summed E-state index contributed by atoms with van der Waals surface area (Å²) in [6.07, 6.45) is 1.48. The number of hydrogen-bond acceptors (Lipinski definition) is 3. The van der Waals surface area contributed by atoms with Crippen LogP contribution in [0.25, 0.3) is 0 Å². The second-order valence-corrected chi connectivity index (χ2v) is 2.68. The van der Waals surface area contributed by atoms with Crippen molar-refractivity contribution in [3.8, 4) is 0 Å². The molecular formula is C8H12N2O3. The highest BCUT2D eigenvalue weighted by Crippen LogP contribution is 1.78. The van der Waals surface area contributed by atoms with Crippen LogP contribution >= 0.6 is 0 Å². The van der Waals surface area contributed by atoms with Crippen LogP contribution in [0.5, 0.6) is 0 Å². The third-order valence-electron chi connectivity index (χ3n) is 1.80. The molecular weight excluding hydrogens is 172 g/mol. The molecule has 0 saturated heterocycles. The number of methoxy groups -OCH3 is 1. The van der Waals surface area contributed by atoms with Crippen LogP contribution in [0, 0.1) is 0 Å². The Morgan fingerprint density at radius 1 is 1.46 bits per heavy atom. The van der Waals surface area contributed by atoms with Crippen molar-refractivity contribution >= 4 is 0 Å². The van der Waals surface area contributed by atoms with E-state index in [1.54, 1.807) is 7.11 Å². The SMILES string of the molecule is COCCn1ccc(=O)n(C)c1=O. The number of hydrogen-bond donors (Lipinski definition) is 0. The van der Waals surface area contributed by atoms with Crippen LogP contribution in [-0.2, 0) is 18.3 Å². The largest absolute Gasteiger partial charge is 0.383 e. The lowest BCUT2D eigenvalue weighted by molar-refractivity contribution is 0.185. The predicted octanol–water partition coefficient (Wildman–Crippen LogP) is -0.807. The van der Waals surface area contributed by atoms with E-state index >= 15 is 0 Å². The number of rotatable bonds is 3. The first-order valence-corrected chi connectivity index (χ1v) is 3.92. The average Bonchev–Trinajstić information content (AvgIpc) is 2.13. The van der Waals surface area contributed by atoms with Gasteiger partial charge in [-0.1, -0.05) is 0 Å². The zero-order valence-electron chi connectivity index (χ0n) is 7.69. The topological polar surface area (TPSA) is 53.2 Å². The lowest BCUT2D eigenvalue weighted by atomic mass is 10.5. The zero-order chi connectivity index (χ0) is 9.84. The Balaban J connectivity index is 3.05. The fraction of sp³-hybridized carbons (Fsp3) is 0.500. The lowest BCUT2D eigenvalue weighted by Crippen LogP contribution is -2.37. The molecule has 72 valence electrons. The van der Waals surface area contributed by atoms with Crippen LogP contribution < -0.4 is 11.2 Å². The van der Waals surface area contributed by atoms with Crippen molar-refractivity contribution in [2.75, 3.05) is 13.7 Å². The molecule has 0 N–H and O–H groups in total. The molecule has 0 spiro atoms. The molecule has 1 rings (SSSR count). The average molecular weight is 184 g/mol. The quantitative estimate of drug-likeness (QED) is 0.617. The fourth-order valence-electron chi connectivity index (χ4n) is 0.976. The van der Waals surface area contributed by atoms with Crippen LogP contribution in [0.4, 0.5) is 0 Å². The second kappa shape index (κ2) is 4.04. The molecule has 0 radical (unpaired) electrons.